The van der Waals surface area contributed by atoms with E-state index in [4.69, 9.17) is 0 Å². The summed E-state index contributed by atoms with van der Waals surface area (Å²) in [5, 5.41) is 3.68. The molecule has 3 fully saturated rings. The Bertz CT molecular complexity index is 339. The van der Waals surface area contributed by atoms with Gasteiger partial charge in [-0.3, -0.25) is 9.69 Å². The molecule has 0 saturated carbocycles. The number of carbonyl (C=O) groups is 1. The van der Waals surface area contributed by atoms with E-state index in [-0.39, 0.29) is 12.4 Å². The number of rotatable bonds is 2. The number of amides is 1. The predicted molar refractivity (Wildman–Crippen MR) is 83.3 cm³/mol. The molecule has 3 rings (SSSR count). The zero-order valence-corrected chi connectivity index (χ0v) is 13.3. The number of carbonyl (C=O) groups excluding carboxylic acids is 1. The van der Waals surface area contributed by atoms with Gasteiger partial charge in [-0.1, -0.05) is 0 Å². The van der Waals surface area contributed by atoms with Gasteiger partial charge in [0.05, 0.1) is 6.54 Å². The zero-order valence-electron chi connectivity index (χ0n) is 12.5. The Morgan fingerprint density at radius 1 is 1.10 bits per heavy atom. The minimum atomic E-state index is 0. The van der Waals surface area contributed by atoms with Crippen LogP contribution in [0.2, 0.25) is 0 Å². The largest absolute Gasteiger partial charge is 0.339 e. The SMILES string of the molecule is CC1CCCCN1C(=O)CN1CCC2CCC(C1)N2.Cl. The molecule has 3 unspecified atom stereocenters. The smallest absolute Gasteiger partial charge is 0.236 e. The summed E-state index contributed by atoms with van der Waals surface area (Å²) in [5.74, 6) is 0.352. The topological polar surface area (TPSA) is 35.6 Å². The molecule has 1 N–H and O–H groups in total. The fourth-order valence-corrected chi connectivity index (χ4v) is 3.91. The third kappa shape index (κ3) is 3.66. The number of hydrogen-bond donors (Lipinski definition) is 1. The summed E-state index contributed by atoms with van der Waals surface area (Å²) in [7, 11) is 0. The highest BCUT2D eigenvalue weighted by molar-refractivity contribution is 5.85. The van der Waals surface area contributed by atoms with E-state index in [1.807, 2.05) is 0 Å². The van der Waals surface area contributed by atoms with Gasteiger partial charge in [0.15, 0.2) is 0 Å². The van der Waals surface area contributed by atoms with Crippen molar-refractivity contribution >= 4 is 18.3 Å². The van der Waals surface area contributed by atoms with E-state index in [0.717, 1.165) is 19.6 Å². The molecule has 0 aromatic carbocycles. The van der Waals surface area contributed by atoms with Gasteiger partial charge in [-0.25, -0.2) is 0 Å². The standard InChI is InChI=1S/C15H27N3O.ClH/c1-12-4-2-3-8-18(12)15(19)11-17-9-7-13-5-6-14(10-17)16-13;/h12-14,16H,2-11H2,1H3;1H. The molecular weight excluding hydrogens is 274 g/mol. The fourth-order valence-electron chi connectivity index (χ4n) is 3.91. The fraction of sp³-hybridized carbons (Fsp3) is 0.933. The van der Waals surface area contributed by atoms with Crippen LogP contribution in [-0.4, -0.2) is 60.0 Å². The lowest BCUT2D eigenvalue weighted by Crippen LogP contribution is -2.48. The molecular formula is C15H28ClN3O. The quantitative estimate of drug-likeness (QED) is 0.842. The van der Waals surface area contributed by atoms with Gasteiger partial charge in [0.25, 0.3) is 0 Å². The summed E-state index contributed by atoms with van der Waals surface area (Å²) in [6.45, 7) is 5.95. The van der Waals surface area contributed by atoms with Gasteiger partial charge < -0.3 is 10.2 Å². The molecule has 3 heterocycles. The Morgan fingerprint density at radius 3 is 2.70 bits per heavy atom. The van der Waals surface area contributed by atoms with Gasteiger partial charge in [0, 0.05) is 37.8 Å². The molecule has 0 aliphatic carbocycles. The highest BCUT2D eigenvalue weighted by atomic mass is 35.5. The molecule has 3 aliphatic heterocycles. The maximum atomic E-state index is 12.5. The Morgan fingerprint density at radius 2 is 1.90 bits per heavy atom. The Labute approximate surface area is 128 Å². The number of likely N-dealkylation sites (tertiary alicyclic amines) is 2. The van der Waals surface area contributed by atoms with Crippen LogP contribution in [0.1, 0.15) is 45.4 Å². The van der Waals surface area contributed by atoms with Gasteiger partial charge in [-0.15, -0.1) is 12.4 Å². The van der Waals surface area contributed by atoms with Gasteiger partial charge in [0.1, 0.15) is 0 Å². The van der Waals surface area contributed by atoms with Crippen molar-refractivity contribution in [2.45, 2.75) is 63.6 Å². The average Bonchev–Trinajstić information content (AvgIpc) is 2.73. The minimum Gasteiger partial charge on any atom is -0.339 e. The van der Waals surface area contributed by atoms with E-state index < -0.39 is 0 Å². The highest BCUT2D eigenvalue weighted by Crippen LogP contribution is 2.21. The second-order valence-corrected chi connectivity index (χ2v) is 6.59. The first kappa shape index (κ1) is 16.1. The molecule has 0 spiro atoms. The van der Waals surface area contributed by atoms with Gasteiger partial charge in [-0.05, 0) is 45.4 Å². The van der Waals surface area contributed by atoms with E-state index >= 15 is 0 Å². The number of fused-ring (bicyclic) bond motifs is 2. The van der Waals surface area contributed by atoms with Crippen molar-refractivity contribution < 1.29 is 4.79 Å². The van der Waals surface area contributed by atoms with Crippen LogP contribution in [0.3, 0.4) is 0 Å². The third-order valence-corrected chi connectivity index (χ3v) is 5.09. The van der Waals surface area contributed by atoms with Crippen molar-refractivity contribution in [3.8, 4) is 0 Å². The van der Waals surface area contributed by atoms with Crippen LogP contribution >= 0.6 is 12.4 Å². The van der Waals surface area contributed by atoms with E-state index in [9.17, 15) is 4.79 Å². The summed E-state index contributed by atoms with van der Waals surface area (Å²) in [6.07, 6.45) is 7.47. The first-order valence-electron chi connectivity index (χ1n) is 8.00. The maximum Gasteiger partial charge on any atom is 0.236 e. The van der Waals surface area contributed by atoms with Crippen LogP contribution in [0.15, 0.2) is 0 Å². The van der Waals surface area contributed by atoms with Crippen LogP contribution in [-0.2, 0) is 4.79 Å². The summed E-state index contributed by atoms with van der Waals surface area (Å²) in [5.41, 5.74) is 0. The van der Waals surface area contributed by atoms with E-state index in [2.05, 4.69) is 22.0 Å². The van der Waals surface area contributed by atoms with E-state index in [1.54, 1.807) is 0 Å². The highest BCUT2D eigenvalue weighted by Gasteiger charge is 2.31. The molecule has 0 radical (unpaired) electrons. The third-order valence-electron chi connectivity index (χ3n) is 5.09. The molecule has 3 saturated heterocycles. The predicted octanol–water partition coefficient (Wildman–Crippen LogP) is 1.64. The normalized spacial score (nSPS) is 34.5. The molecule has 0 aromatic rings. The number of hydrogen-bond acceptors (Lipinski definition) is 3. The summed E-state index contributed by atoms with van der Waals surface area (Å²) < 4.78 is 0. The molecule has 4 nitrogen and oxygen atoms in total. The van der Waals surface area contributed by atoms with Crippen molar-refractivity contribution in [3.05, 3.63) is 0 Å². The van der Waals surface area contributed by atoms with E-state index in [1.165, 1.54) is 38.5 Å². The van der Waals surface area contributed by atoms with Crippen molar-refractivity contribution in [2.75, 3.05) is 26.2 Å². The maximum absolute atomic E-state index is 12.5. The molecule has 116 valence electrons. The van der Waals surface area contributed by atoms with Crippen LogP contribution in [0.25, 0.3) is 0 Å². The Balaban J connectivity index is 0.00000147. The van der Waals surface area contributed by atoms with Crippen molar-refractivity contribution in [1.82, 2.24) is 15.1 Å². The van der Waals surface area contributed by atoms with Crippen molar-refractivity contribution in [3.63, 3.8) is 0 Å². The lowest BCUT2D eigenvalue weighted by molar-refractivity contribution is -0.135. The van der Waals surface area contributed by atoms with Crippen molar-refractivity contribution in [1.29, 1.82) is 0 Å². The average molecular weight is 302 g/mol. The number of piperidine rings is 1. The number of nitrogens with zero attached hydrogens (tertiary/aromatic N) is 2. The number of nitrogens with one attached hydrogen (secondary N) is 1. The molecule has 0 aromatic heterocycles. The van der Waals surface area contributed by atoms with Crippen LogP contribution in [0.4, 0.5) is 0 Å². The summed E-state index contributed by atoms with van der Waals surface area (Å²) in [6, 6.07) is 1.78. The second-order valence-electron chi connectivity index (χ2n) is 6.59. The zero-order chi connectivity index (χ0) is 13.2. The first-order chi connectivity index (χ1) is 9.22. The Hall–Kier alpha value is -0.320. The molecule has 1 amide bonds. The van der Waals surface area contributed by atoms with E-state index in [0.29, 0.717) is 30.6 Å². The molecule has 3 aliphatic rings. The van der Waals surface area contributed by atoms with Crippen LogP contribution in [0.5, 0.6) is 0 Å². The van der Waals surface area contributed by atoms with Gasteiger partial charge >= 0.3 is 0 Å². The second kappa shape index (κ2) is 7.10. The minimum absolute atomic E-state index is 0. The Kier molecular flexibility index (Phi) is 5.70. The van der Waals surface area contributed by atoms with Crippen LogP contribution < -0.4 is 5.32 Å². The summed E-state index contributed by atoms with van der Waals surface area (Å²) in [4.78, 5) is 16.9. The first-order valence-corrected chi connectivity index (χ1v) is 8.00. The summed E-state index contributed by atoms with van der Waals surface area (Å²) >= 11 is 0. The molecule has 2 bridgehead atoms. The molecule has 20 heavy (non-hydrogen) atoms. The number of halogens is 1. The van der Waals surface area contributed by atoms with Gasteiger partial charge in [0.2, 0.25) is 5.91 Å². The lowest BCUT2D eigenvalue weighted by atomic mass is 10.0. The van der Waals surface area contributed by atoms with Crippen molar-refractivity contribution in [2.24, 2.45) is 0 Å². The monoisotopic (exact) mass is 301 g/mol. The van der Waals surface area contributed by atoms with Crippen LogP contribution in [0, 0.1) is 0 Å². The lowest BCUT2D eigenvalue weighted by Gasteiger charge is -2.35. The molecule has 3 atom stereocenters. The van der Waals surface area contributed by atoms with Gasteiger partial charge in [-0.2, -0.15) is 0 Å². The molecule has 5 heteroatoms.